The lowest BCUT2D eigenvalue weighted by Gasteiger charge is -2.32. The zero-order valence-corrected chi connectivity index (χ0v) is 14.4. The highest BCUT2D eigenvalue weighted by Crippen LogP contribution is 2.15. The van der Waals surface area contributed by atoms with Gasteiger partial charge < -0.3 is 20.0 Å². The molecule has 6 nitrogen and oxygen atoms in total. The van der Waals surface area contributed by atoms with Crippen molar-refractivity contribution in [3.8, 4) is 0 Å². The minimum absolute atomic E-state index is 0.151. The molecule has 2 rings (SSSR count). The number of likely N-dealkylation sites (tertiary alicyclic amines) is 1. The first kappa shape index (κ1) is 17.4. The SMILES string of the molecule is CN=C(NCCCNC(=O)c1occc1C)N1CCC(C)CC1. The fourth-order valence-corrected chi connectivity index (χ4v) is 2.73. The Morgan fingerprint density at radius 1 is 1.35 bits per heavy atom. The highest BCUT2D eigenvalue weighted by Gasteiger charge is 2.18. The number of aryl methyl sites for hydroxylation is 1. The van der Waals surface area contributed by atoms with E-state index in [1.54, 1.807) is 6.07 Å². The van der Waals surface area contributed by atoms with Gasteiger partial charge in [0.1, 0.15) is 0 Å². The number of nitrogens with one attached hydrogen (secondary N) is 2. The summed E-state index contributed by atoms with van der Waals surface area (Å²) in [4.78, 5) is 18.6. The van der Waals surface area contributed by atoms with Crippen molar-refractivity contribution in [1.29, 1.82) is 0 Å². The third kappa shape index (κ3) is 5.01. The third-order valence-electron chi connectivity index (χ3n) is 4.29. The molecule has 1 aliphatic rings. The standard InChI is InChI=1S/C17H28N4O2/c1-13-5-10-21(11-6-13)17(18-3)20-9-4-8-19-16(22)15-14(2)7-12-23-15/h7,12-13H,4-6,8-11H2,1-3H3,(H,18,20)(H,19,22). The van der Waals surface area contributed by atoms with E-state index in [9.17, 15) is 4.79 Å². The first-order valence-electron chi connectivity index (χ1n) is 8.39. The molecular weight excluding hydrogens is 292 g/mol. The maximum Gasteiger partial charge on any atom is 0.287 e. The van der Waals surface area contributed by atoms with E-state index < -0.39 is 0 Å². The number of carbonyl (C=O) groups excluding carboxylic acids is 1. The quantitative estimate of drug-likeness (QED) is 0.495. The normalized spacial score (nSPS) is 16.5. The molecule has 0 aliphatic carbocycles. The van der Waals surface area contributed by atoms with Crippen LogP contribution in [0.1, 0.15) is 42.3 Å². The van der Waals surface area contributed by atoms with Crippen LogP contribution in [0.25, 0.3) is 0 Å². The van der Waals surface area contributed by atoms with E-state index in [1.165, 1.54) is 19.1 Å². The number of hydrogen-bond acceptors (Lipinski definition) is 3. The van der Waals surface area contributed by atoms with E-state index in [4.69, 9.17) is 4.42 Å². The molecule has 1 aliphatic heterocycles. The van der Waals surface area contributed by atoms with Gasteiger partial charge >= 0.3 is 0 Å². The average molecular weight is 320 g/mol. The van der Waals surface area contributed by atoms with Crippen LogP contribution in [-0.4, -0.2) is 50.0 Å². The number of carbonyl (C=O) groups is 1. The fourth-order valence-electron chi connectivity index (χ4n) is 2.73. The van der Waals surface area contributed by atoms with E-state index in [2.05, 4.69) is 27.4 Å². The van der Waals surface area contributed by atoms with Crippen LogP contribution in [0.2, 0.25) is 0 Å². The number of aliphatic imine (C=N–C) groups is 1. The molecule has 0 saturated carbocycles. The van der Waals surface area contributed by atoms with E-state index in [0.717, 1.165) is 43.5 Å². The highest BCUT2D eigenvalue weighted by atomic mass is 16.3. The summed E-state index contributed by atoms with van der Waals surface area (Å²) >= 11 is 0. The Morgan fingerprint density at radius 3 is 2.65 bits per heavy atom. The van der Waals surface area contributed by atoms with Crippen molar-refractivity contribution in [3.05, 3.63) is 23.7 Å². The van der Waals surface area contributed by atoms with Crippen LogP contribution in [0.4, 0.5) is 0 Å². The molecule has 0 aromatic carbocycles. The van der Waals surface area contributed by atoms with Crippen molar-refractivity contribution in [2.75, 3.05) is 33.2 Å². The van der Waals surface area contributed by atoms with Crippen molar-refractivity contribution in [1.82, 2.24) is 15.5 Å². The molecule has 0 radical (unpaired) electrons. The van der Waals surface area contributed by atoms with E-state index in [-0.39, 0.29) is 5.91 Å². The van der Waals surface area contributed by atoms with Gasteiger partial charge in [-0.3, -0.25) is 9.79 Å². The molecule has 128 valence electrons. The molecule has 0 bridgehead atoms. The van der Waals surface area contributed by atoms with Gasteiger partial charge in [0.2, 0.25) is 0 Å². The zero-order valence-electron chi connectivity index (χ0n) is 14.4. The average Bonchev–Trinajstić information content (AvgIpc) is 2.98. The maximum atomic E-state index is 11.9. The molecule has 2 N–H and O–H groups in total. The summed E-state index contributed by atoms with van der Waals surface area (Å²) in [6, 6.07) is 1.79. The molecule has 0 spiro atoms. The van der Waals surface area contributed by atoms with E-state index in [0.29, 0.717) is 12.3 Å². The molecule has 1 fully saturated rings. The summed E-state index contributed by atoms with van der Waals surface area (Å²) in [5.41, 5.74) is 0.861. The summed E-state index contributed by atoms with van der Waals surface area (Å²) < 4.78 is 5.17. The summed E-state index contributed by atoms with van der Waals surface area (Å²) in [7, 11) is 1.82. The van der Waals surface area contributed by atoms with Crippen LogP contribution in [0, 0.1) is 12.8 Å². The van der Waals surface area contributed by atoms with Crippen LogP contribution >= 0.6 is 0 Å². The van der Waals surface area contributed by atoms with E-state index in [1.807, 2.05) is 14.0 Å². The lowest BCUT2D eigenvalue weighted by Crippen LogP contribution is -2.45. The predicted octanol–water partition coefficient (Wildman–Crippen LogP) is 2.02. The molecular formula is C17H28N4O2. The molecule has 1 aromatic rings. The molecule has 1 saturated heterocycles. The predicted molar refractivity (Wildman–Crippen MR) is 91.7 cm³/mol. The highest BCUT2D eigenvalue weighted by molar-refractivity contribution is 5.92. The second kappa shape index (κ2) is 8.60. The number of rotatable bonds is 5. The minimum Gasteiger partial charge on any atom is -0.459 e. The fraction of sp³-hybridized carbons (Fsp3) is 0.647. The Balaban J connectivity index is 1.64. The lowest BCUT2D eigenvalue weighted by atomic mass is 10.00. The van der Waals surface area contributed by atoms with Crippen molar-refractivity contribution >= 4 is 11.9 Å². The minimum atomic E-state index is -0.151. The Hall–Kier alpha value is -1.98. The van der Waals surface area contributed by atoms with Gasteiger partial charge in [0, 0.05) is 38.8 Å². The number of amides is 1. The zero-order chi connectivity index (χ0) is 16.7. The maximum absolute atomic E-state index is 11.9. The summed E-state index contributed by atoms with van der Waals surface area (Å²) in [5, 5.41) is 6.25. The topological polar surface area (TPSA) is 69.9 Å². The summed E-state index contributed by atoms with van der Waals surface area (Å²) in [5.74, 6) is 2.02. The van der Waals surface area contributed by atoms with Crippen LogP contribution in [0.3, 0.4) is 0 Å². The molecule has 0 unspecified atom stereocenters. The van der Waals surface area contributed by atoms with Crippen LogP contribution in [0.15, 0.2) is 21.7 Å². The van der Waals surface area contributed by atoms with Gasteiger partial charge in [0.15, 0.2) is 11.7 Å². The van der Waals surface area contributed by atoms with Gasteiger partial charge in [-0.2, -0.15) is 0 Å². The van der Waals surface area contributed by atoms with Crippen LogP contribution < -0.4 is 10.6 Å². The largest absolute Gasteiger partial charge is 0.459 e. The van der Waals surface area contributed by atoms with Gasteiger partial charge in [-0.25, -0.2) is 0 Å². The Labute approximate surface area is 138 Å². The second-order valence-electron chi connectivity index (χ2n) is 6.19. The van der Waals surface area contributed by atoms with Gasteiger partial charge in [0.25, 0.3) is 5.91 Å². The van der Waals surface area contributed by atoms with Crippen molar-refractivity contribution < 1.29 is 9.21 Å². The van der Waals surface area contributed by atoms with E-state index >= 15 is 0 Å². The molecule has 2 heterocycles. The van der Waals surface area contributed by atoms with Gasteiger partial charge in [-0.05, 0) is 38.2 Å². The van der Waals surface area contributed by atoms with Crippen molar-refractivity contribution in [2.24, 2.45) is 10.9 Å². The summed E-state index contributed by atoms with van der Waals surface area (Å²) in [6.45, 7) is 7.70. The first-order chi connectivity index (χ1) is 11.1. The number of piperidine rings is 1. The molecule has 1 amide bonds. The number of guanidine groups is 1. The summed E-state index contributed by atoms with van der Waals surface area (Å²) in [6.07, 6.45) is 4.82. The van der Waals surface area contributed by atoms with Crippen LogP contribution in [0.5, 0.6) is 0 Å². The van der Waals surface area contributed by atoms with Crippen LogP contribution in [-0.2, 0) is 0 Å². The van der Waals surface area contributed by atoms with Gasteiger partial charge in [-0.15, -0.1) is 0 Å². The lowest BCUT2D eigenvalue weighted by molar-refractivity contribution is 0.0925. The number of hydrogen-bond donors (Lipinski definition) is 2. The molecule has 6 heteroatoms. The Bertz CT molecular complexity index is 530. The number of furan rings is 1. The first-order valence-corrected chi connectivity index (χ1v) is 8.39. The monoisotopic (exact) mass is 320 g/mol. The molecule has 1 aromatic heterocycles. The third-order valence-corrected chi connectivity index (χ3v) is 4.29. The number of nitrogens with zero attached hydrogens (tertiary/aromatic N) is 2. The second-order valence-corrected chi connectivity index (χ2v) is 6.19. The van der Waals surface area contributed by atoms with Gasteiger partial charge in [-0.1, -0.05) is 6.92 Å². The smallest absolute Gasteiger partial charge is 0.287 e. The molecule has 0 atom stereocenters. The Kier molecular flexibility index (Phi) is 6.50. The van der Waals surface area contributed by atoms with Crippen molar-refractivity contribution in [2.45, 2.75) is 33.1 Å². The van der Waals surface area contributed by atoms with Gasteiger partial charge in [0.05, 0.1) is 6.26 Å². The molecule has 23 heavy (non-hydrogen) atoms. The Morgan fingerprint density at radius 2 is 2.04 bits per heavy atom. The van der Waals surface area contributed by atoms with Crippen molar-refractivity contribution in [3.63, 3.8) is 0 Å².